The Morgan fingerprint density at radius 1 is 1.24 bits per heavy atom. The molecule has 1 fully saturated rings. The van der Waals surface area contributed by atoms with E-state index in [1.807, 2.05) is 12.4 Å². The average Bonchev–Trinajstić information content (AvgIpc) is 3.04. The highest BCUT2D eigenvalue weighted by molar-refractivity contribution is 5.33. The van der Waals surface area contributed by atoms with Crippen molar-refractivity contribution in [1.29, 1.82) is 0 Å². The standard InChI is InChI=1S/C15H26N4.2CH2O2/c1-4-15-16-8-14(9-17-15)11-18(3)10-13-6-7-19(5-2)12-13;2*2-1-3/h8-9,13H,4-7,10-12H2,1-3H3;2*1H,(H,2,3). The molecule has 1 aliphatic rings. The van der Waals surface area contributed by atoms with Crippen LogP contribution in [0.4, 0.5) is 0 Å². The van der Waals surface area contributed by atoms with E-state index in [9.17, 15) is 0 Å². The quantitative estimate of drug-likeness (QED) is 0.734. The molecule has 2 rings (SSSR count). The van der Waals surface area contributed by atoms with Crippen LogP contribution in [-0.4, -0.2) is 76.2 Å². The zero-order chi connectivity index (χ0) is 19.1. The smallest absolute Gasteiger partial charge is 0.290 e. The van der Waals surface area contributed by atoms with Gasteiger partial charge in [0.2, 0.25) is 0 Å². The first-order chi connectivity index (χ1) is 12.0. The first-order valence-electron chi connectivity index (χ1n) is 8.40. The third-order valence-corrected chi connectivity index (χ3v) is 3.91. The topological polar surface area (TPSA) is 107 Å². The van der Waals surface area contributed by atoms with Crippen molar-refractivity contribution in [3.63, 3.8) is 0 Å². The minimum atomic E-state index is -0.250. The van der Waals surface area contributed by atoms with Crippen LogP contribution in [-0.2, 0) is 22.6 Å². The summed E-state index contributed by atoms with van der Waals surface area (Å²) in [6.45, 7) is 9.67. The van der Waals surface area contributed by atoms with Crippen LogP contribution in [0.2, 0.25) is 0 Å². The number of likely N-dealkylation sites (tertiary alicyclic amines) is 1. The number of carbonyl (C=O) groups is 2. The van der Waals surface area contributed by atoms with Gasteiger partial charge in [-0.25, -0.2) is 9.97 Å². The molecule has 0 bridgehead atoms. The van der Waals surface area contributed by atoms with Gasteiger partial charge in [-0.3, -0.25) is 9.59 Å². The van der Waals surface area contributed by atoms with Crippen LogP contribution < -0.4 is 0 Å². The van der Waals surface area contributed by atoms with Gasteiger partial charge in [-0.05, 0) is 32.5 Å². The van der Waals surface area contributed by atoms with Gasteiger partial charge in [0, 0.05) is 44.0 Å². The average molecular weight is 354 g/mol. The summed E-state index contributed by atoms with van der Waals surface area (Å²) in [7, 11) is 2.20. The summed E-state index contributed by atoms with van der Waals surface area (Å²) >= 11 is 0. The minimum absolute atomic E-state index is 0.250. The lowest BCUT2D eigenvalue weighted by atomic mass is 10.1. The maximum atomic E-state index is 8.36. The first-order valence-corrected chi connectivity index (χ1v) is 8.40. The number of nitrogens with zero attached hydrogens (tertiary/aromatic N) is 4. The molecule has 0 saturated carbocycles. The predicted octanol–water partition coefficient (Wildman–Crippen LogP) is 1.21. The molecule has 8 nitrogen and oxygen atoms in total. The normalized spacial score (nSPS) is 16.4. The maximum absolute atomic E-state index is 8.36. The van der Waals surface area contributed by atoms with Gasteiger partial charge in [0.25, 0.3) is 12.9 Å². The molecule has 2 heterocycles. The molecule has 142 valence electrons. The number of carboxylic acid groups (broad SMARTS) is 2. The zero-order valence-corrected chi connectivity index (χ0v) is 15.3. The Kier molecular flexibility index (Phi) is 13.1. The summed E-state index contributed by atoms with van der Waals surface area (Å²) in [5.41, 5.74) is 1.21. The molecule has 1 aromatic rings. The van der Waals surface area contributed by atoms with Crippen molar-refractivity contribution in [2.24, 2.45) is 5.92 Å². The van der Waals surface area contributed by atoms with Crippen LogP contribution in [0.5, 0.6) is 0 Å². The van der Waals surface area contributed by atoms with Gasteiger partial charge in [0.05, 0.1) is 0 Å². The molecule has 0 spiro atoms. The Labute approximate surface area is 149 Å². The number of hydrogen-bond donors (Lipinski definition) is 2. The molecule has 1 atom stereocenters. The zero-order valence-electron chi connectivity index (χ0n) is 15.3. The van der Waals surface area contributed by atoms with E-state index in [1.54, 1.807) is 0 Å². The fraction of sp³-hybridized carbons (Fsp3) is 0.647. The highest BCUT2D eigenvalue weighted by Gasteiger charge is 2.22. The lowest BCUT2D eigenvalue weighted by molar-refractivity contribution is -0.123. The van der Waals surface area contributed by atoms with Gasteiger partial charge >= 0.3 is 0 Å². The Bertz CT molecular complexity index is 464. The van der Waals surface area contributed by atoms with E-state index in [-0.39, 0.29) is 12.9 Å². The monoisotopic (exact) mass is 354 g/mol. The minimum Gasteiger partial charge on any atom is -0.483 e. The van der Waals surface area contributed by atoms with Gasteiger partial charge in [-0.2, -0.15) is 0 Å². The van der Waals surface area contributed by atoms with Crippen LogP contribution in [0, 0.1) is 5.92 Å². The van der Waals surface area contributed by atoms with Crippen molar-refractivity contribution in [2.45, 2.75) is 33.2 Å². The van der Waals surface area contributed by atoms with Crippen molar-refractivity contribution >= 4 is 12.9 Å². The van der Waals surface area contributed by atoms with Crippen LogP contribution in [0.3, 0.4) is 0 Å². The molecule has 0 aromatic carbocycles. The Hall–Kier alpha value is -2.06. The second-order valence-electron chi connectivity index (χ2n) is 5.82. The maximum Gasteiger partial charge on any atom is 0.290 e. The third-order valence-electron chi connectivity index (χ3n) is 3.91. The molecule has 0 aliphatic carbocycles. The SMILES string of the molecule is CCc1ncc(CN(C)CC2CCN(CC)C2)cn1.O=CO.O=CO. The van der Waals surface area contributed by atoms with Gasteiger partial charge in [-0.1, -0.05) is 13.8 Å². The van der Waals surface area contributed by atoms with Crippen molar-refractivity contribution in [3.05, 3.63) is 23.8 Å². The summed E-state index contributed by atoms with van der Waals surface area (Å²) in [6, 6.07) is 0. The van der Waals surface area contributed by atoms with Crippen LogP contribution in [0.15, 0.2) is 12.4 Å². The van der Waals surface area contributed by atoms with Gasteiger partial charge in [0.1, 0.15) is 5.82 Å². The van der Waals surface area contributed by atoms with Gasteiger partial charge < -0.3 is 20.0 Å². The Balaban J connectivity index is 0.000000844. The number of rotatable bonds is 6. The Morgan fingerprint density at radius 3 is 2.24 bits per heavy atom. The lowest BCUT2D eigenvalue weighted by Crippen LogP contribution is -2.28. The summed E-state index contributed by atoms with van der Waals surface area (Å²) in [4.78, 5) is 30.4. The van der Waals surface area contributed by atoms with Gasteiger partial charge in [0.15, 0.2) is 0 Å². The molecule has 8 heteroatoms. The number of hydrogen-bond acceptors (Lipinski definition) is 6. The predicted molar refractivity (Wildman–Crippen MR) is 95.4 cm³/mol. The molecular weight excluding hydrogens is 324 g/mol. The lowest BCUT2D eigenvalue weighted by Gasteiger charge is -2.21. The van der Waals surface area contributed by atoms with Crippen molar-refractivity contribution in [1.82, 2.24) is 19.8 Å². The van der Waals surface area contributed by atoms with E-state index < -0.39 is 0 Å². The molecule has 0 amide bonds. The largest absolute Gasteiger partial charge is 0.483 e. The van der Waals surface area contributed by atoms with E-state index in [1.165, 1.54) is 38.2 Å². The molecule has 1 aromatic heterocycles. The highest BCUT2D eigenvalue weighted by Crippen LogP contribution is 2.17. The molecule has 1 aliphatic heterocycles. The second-order valence-corrected chi connectivity index (χ2v) is 5.82. The fourth-order valence-electron chi connectivity index (χ4n) is 2.81. The first kappa shape index (κ1) is 22.9. The van der Waals surface area contributed by atoms with Crippen LogP contribution >= 0.6 is 0 Å². The van der Waals surface area contributed by atoms with Crippen molar-refractivity contribution in [2.75, 3.05) is 33.2 Å². The van der Waals surface area contributed by atoms with E-state index in [0.29, 0.717) is 0 Å². The molecule has 0 radical (unpaired) electrons. The third kappa shape index (κ3) is 10.4. The van der Waals surface area contributed by atoms with E-state index in [2.05, 4.69) is 40.7 Å². The number of aromatic nitrogens is 2. The van der Waals surface area contributed by atoms with E-state index in [4.69, 9.17) is 19.8 Å². The van der Waals surface area contributed by atoms with Crippen molar-refractivity contribution < 1.29 is 19.8 Å². The van der Waals surface area contributed by atoms with Crippen LogP contribution in [0.1, 0.15) is 31.7 Å². The molecule has 25 heavy (non-hydrogen) atoms. The van der Waals surface area contributed by atoms with Crippen LogP contribution in [0.25, 0.3) is 0 Å². The summed E-state index contributed by atoms with van der Waals surface area (Å²) in [5, 5.41) is 13.8. The summed E-state index contributed by atoms with van der Waals surface area (Å²) in [5.74, 6) is 1.75. The Morgan fingerprint density at radius 2 is 1.80 bits per heavy atom. The summed E-state index contributed by atoms with van der Waals surface area (Å²) < 4.78 is 0. The molecule has 2 N–H and O–H groups in total. The fourth-order valence-corrected chi connectivity index (χ4v) is 2.81. The van der Waals surface area contributed by atoms with E-state index >= 15 is 0 Å². The molecule has 1 saturated heterocycles. The number of aryl methyl sites for hydroxylation is 1. The van der Waals surface area contributed by atoms with Crippen molar-refractivity contribution in [3.8, 4) is 0 Å². The highest BCUT2D eigenvalue weighted by atomic mass is 16.3. The van der Waals surface area contributed by atoms with E-state index in [0.717, 1.165) is 24.7 Å². The second kappa shape index (κ2) is 14.3. The van der Waals surface area contributed by atoms with Gasteiger partial charge in [-0.15, -0.1) is 0 Å². The summed E-state index contributed by atoms with van der Waals surface area (Å²) in [6.07, 6.45) is 6.18. The molecule has 1 unspecified atom stereocenters. The molecular formula is C17H30N4O4.